The molecule has 11 nitrogen and oxygen atoms in total. The average Bonchev–Trinajstić information content (AvgIpc) is 3.05. The van der Waals surface area contributed by atoms with Gasteiger partial charge in [-0.2, -0.15) is 0 Å². The first-order valence-electron chi connectivity index (χ1n) is 17.1. The lowest BCUT2D eigenvalue weighted by molar-refractivity contribution is -0.157. The van der Waals surface area contributed by atoms with Gasteiger partial charge in [-0.15, -0.1) is 0 Å². The summed E-state index contributed by atoms with van der Waals surface area (Å²) in [7, 11) is -0.678. The van der Waals surface area contributed by atoms with Crippen LogP contribution in [0.4, 0.5) is 0 Å². The van der Waals surface area contributed by atoms with Crippen LogP contribution in [0, 0.1) is 16.7 Å². The van der Waals surface area contributed by atoms with Gasteiger partial charge in [0.2, 0.25) is 17.7 Å². The summed E-state index contributed by atoms with van der Waals surface area (Å²) in [5, 5.41) is 8.92. The first-order valence-corrected chi connectivity index (χ1v) is 20.0. The third-order valence-electron chi connectivity index (χ3n) is 9.23. The number of hydrogen-bond donors (Lipinski definition) is 3. The van der Waals surface area contributed by atoms with E-state index in [1.165, 1.54) is 19.3 Å². The Labute approximate surface area is 297 Å². The van der Waals surface area contributed by atoms with Crippen LogP contribution in [0.15, 0.2) is 30.4 Å². The van der Waals surface area contributed by atoms with E-state index in [0.29, 0.717) is 22.6 Å². The Morgan fingerprint density at radius 1 is 1.08 bits per heavy atom. The number of cyclic esters (lactones) is 1. The van der Waals surface area contributed by atoms with Gasteiger partial charge in [-0.3, -0.25) is 14.4 Å². The van der Waals surface area contributed by atoms with Crippen LogP contribution in [0.3, 0.4) is 0 Å². The zero-order chi connectivity index (χ0) is 37.0. The Balaban J connectivity index is 2.61. The minimum Gasteiger partial charge on any atom is -0.495 e. The second-order valence-corrected chi connectivity index (χ2v) is 19.6. The fourth-order valence-electron chi connectivity index (χ4n) is 5.61. The normalized spacial score (nSPS) is 24.6. The summed E-state index contributed by atoms with van der Waals surface area (Å²) in [4.78, 5) is 66.6. The van der Waals surface area contributed by atoms with E-state index < -0.39 is 61.5 Å². The highest BCUT2D eigenvalue weighted by atomic mass is 35.5. The molecule has 0 radical (unpaired) electrons. The van der Waals surface area contributed by atoms with Crippen molar-refractivity contribution in [3.05, 3.63) is 40.9 Å². The number of esters is 1. The quantitative estimate of drug-likeness (QED) is 0.153. The molecule has 274 valence electrons. The molecule has 49 heavy (non-hydrogen) atoms. The Morgan fingerprint density at radius 3 is 2.29 bits per heavy atom. The van der Waals surface area contributed by atoms with Crippen molar-refractivity contribution in [2.45, 2.75) is 111 Å². The second-order valence-electron chi connectivity index (χ2n) is 14.4. The predicted molar refractivity (Wildman–Crippen MR) is 193 cm³/mol. The Hall–Kier alpha value is -3.22. The lowest BCUT2D eigenvalue weighted by atomic mass is 9.86. The van der Waals surface area contributed by atoms with Gasteiger partial charge < -0.3 is 34.6 Å². The number of ether oxygens (including phenoxy) is 2. The van der Waals surface area contributed by atoms with Gasteiger partial charge >= 0.3 is 5.97 Å². The van der Waals surface area contributed by atoms with Crippen LogP contribution in [-0.4, -0.2) is 76.7 Å². The van der Waals surface area contributed by atoms with Gasteiger partial charge in [-0.1, -0.05) is 72.2 Å². The molecule has 0 bridgehead atoms. The van der Waals surface area contributed by atoms with Crippen molar-refractivity contribution in [3.63, 3.8) is 0 Å². The Kier molecular flexibility index (Phi) is 16.0. The zero-order valence-electron chi connectivity index (χ0n) is 30.6. The highest BCUT2D eigenvalue weighted by molar-refractivity contribution is 6.73. The van der Waals surface area contributed by atoms with Gasteiger partial charge in [0, 0.05) is 31.9 Å². The maximum absolute atomic E-state index is 14.3. The molecular weight excluding hydrogens is 666 g/mol. The first-order chi connectivity index (χ1) is 22.9. The second kappa shape index (κ2) is 18.7. The largest absolute Gasteiger partial charge is 0.495 e. The SMILES string of the molecule is CC[Si](CC)(CC)OCC1(C)CNC(=O)[C@@H](Cc2ccc(OC)c(Cl)c2)NC(=O)/C=C\C[C@@H](C(C)C=O)OC(=O)[C@H](CC(C)(C)C)NC1=O. The van der Waals surface area contributed by atoms with Gasteiger partial charge in [0.15, 0.2) is 8.32 Å². The van der Waals surface area contributed by atoms with Gasteiger partial charge in [-0.25, -0.2) is 4.79 Å². The molecule has 1 aliphatic rings. The minimum absolute atomic E-state index is 0.0107. The van der Waals surface area contributed by atoms with E-state index in [9.17, 15) is 24.0 Å². The summed E-state index contributed by atoms with van der Waals surface area (Å²) in [5.41, 5.74) is -1.00. The number of nitrogens with one attached hydrogen (secondary N) is 3. The van der Waals surface area contributed by atoms with E-state index in [1.807, 2.05) is 20.8 Å². The van der Waals surface area contributed by atoms with Crippen molar-refractivity contribution in [1.82, 2.24) is 16.0 Å². The molecule has 3 N–H and O–H groups in total. The molecule has 1 aromatic rings. The number of methoxy groups -OCH3 is 1. The van der Waals surface area contributed by atoms with Crippen LogP contribution in [0.5, 0.6) is 5.75 Å². The molecule has 1 aromatic carbocycles. The molecule has 3 amide bonds. The molecule has 1 heterocycles. The van der Waals surface area contributed by atoms with Crippen LogP contribution >= 0.6 is 11.6 Å². The number of carbonyl (C=O) groups excluding carboxylic acids is 5. The topological polar surface area (TPSA) is 149 Å². The van der Waals surface area contributed by atoms with Crippen LogP contribution in [0.25, 0.3) is 0 Å². The molecule has 2 unspecified atom stereocenters. The maximum Gasteiger partial charge on any atom is 0.328 e. The molecule has 0 aromatic heterocycles. The number of rotatable bonds is 12. The molecule has 0 fully saturated rings. The lowest BCUT2D eigenvalue weighted by Gasteiger charge is -2.37. The number of amides is 3. The summed E-state index contributed by atoms with van der Waals surface area (Å²) < 4.78 is 17.7. The number of carbonyl (C=O) groups is 5. The van der Waals surface area contributed by atoms with Gasteiger partial charge in [-0.05, 0) is 60.7 Å². The predicted octanol–water partition coefficient (Wildman–Crippen LogP) is 5.15. The van der Waals surface area contributed by atoms with E-state index in [-0.39, 0.29) is 37.8 Å². The summed E-state index contributed by atoms with van der Waals surface area (Å²) in [6.45, 7) is 15.3. The van der Waals surface area contributed by atoms with Crippen molar-refractivity contribution in [2.24, 2.45) is 16.7 Å². The summed E-state index contributed by atoms with van der Waals surface area (Å²) in [5.74, 6) is -2.46. The molecule has 0 saturated heterocycles. The molecule has 1 aliphatic heterocycles. The average molecular weight is 722 g/mol. The molecule has 2 rings (SSSR count). The van der Waals surface area contributed by atoms with Crippen LogP contribution in [-0.2, 0) is 39.6 Å². The number of benzene rings is 1. The van der Waals surface area contributed by atoms with E-state index in [2.05, 4.69) is 36.7 Å². The van der Waals surface area contributed by atoms with Crippen molar-refractivity contribution < 1.29 is 37.9 Å². The first kappa shape index (κ1) is 41.9. The molecular formula is C36H56ClN3O8Si. The van der Waals surface area contributed by atoms with Gasteiger partial charge in [0.25, 0.3) is 0 Å². The van der Waals surface area contributed by atoms with E-state index in [4.69, 9.17) is 25.5 Å². The molecule has 5 atom stereocenters. The summed E-state index contributed by atoms with van der Waals surface area (Å²) in [6.07, 6.45) is 2.96. The lowest BCUT2D eigenvalue weighted by Crippen LogP contribution is -2.57. The smallest absolute Gasteiger partial charge is 0.328 e. The van der Waals surface area contributed by atoms with Crippen LogP contribution in [0.1, 0.15) is 73.8 Å². The van der Waals surface area contributed by atoms with Crippen LogP contribution in [0.2, 0.25) is 23.2 Å². The fraction of sp³-hybridized carbons (Fsp3) is 0.639. The van der Waals surface area contributed by atoms with E-state index in [0.717, 1.165) is 18.1 Å². The summed E-state index contributed by atoms with van der Waals surface area (Å²) >= 11 is 6.35. The third-order valence-corrected chi connectivity index (χ3v) is 14.2. The Bertz CT molecular complexity index is 1340. The standard InChI is InChI=1S/C36H56ClN3O8Si/c1-10-49(11-2,12-3)47-23-36(8)22-38-32(43)27(19-25-16-17-30(46-9)26(37)18-25)39-31(42)15-13-14-29(24(4)21-41)48-33(44)28(40-34(36)45)20-35(5,6)7/h13,15-18,21,24,27-29H,10-12,14,19-20,22-23H2,1-9H3,(H,38,43)(H,39,42)(H,40,45)/b15-13-/t24?,27-,28+,29+,36?/m1/s1. The molecule has 0 aliphatic carbocycles. The van der Waals surface area contributed by atoms with Gasteiger partial charge in [0.05, 0.1) is 17.5 Å². The number of hydrogen-bond acceptors (Lipinski definition) is 8. The van der Waals surface area contributed by atoms with E-state index >= 15 is 0 Å². The monoisotopic (exact) mass is 721 g/mol. The molecule has 0 spiro atoms. The zero-order valence-corrected chi connectivity index (χ0v) is 32.3. The van der Waals surface area contributed by atoms with Crippen molar-refractivity contribution in [3.8, 4) is 5.75 Å². The van der Waals surface area contributed by atoms with E-state index in [1.54, 1.807) is 32.0 Å². The summed E-state index contributed by atoms with van der Waals surface area (Å²) in [6, 6.07) is 5.59. The highest BCUT2D eigenvalue weighted by Crippen LogP contribution is 2.29. The fourth-order valence-corrected chi connectivity index (χ4v) is 8.63. The molecule has 0 saturated carbocycles. The molecule has 13 heteroatoms. The minimum atomic E-state index is -2.18. The number of aldehydes is 1. The van der Waals surface area contributed by atoms with Crippen molar-refractivity contribution >= 4 is 49.9 Å². The van der Waals surface area contributed by atoms with Crippen LogP contribution < -0.4 is 20.7 Å². The van der Waals surface area contributed by atoms with Crippen molar-refractivity contribution in [2.75, 3.05) is 20.3 Å². The Morgan fingerprint density at radius 2 is 1.73 bits per heavy atom. The maximum atomic E-state index is 14.3. The van der Waals surface area contributed by atoms with Crippen molar-refractivity contribution in [1.29, 1.82) is 0 Å². The third kappa shape index (κ3) is 12.6. The van der Waals surface area contributed by atoms with Gasteiger partial charge in [0.1, 0.15) is 30.2 Å². The number of halogens is 1. The highest BCUT2D eigenvalue weighted by Gasteiger charge is 2.41.